The highest BCUT2D eigenvalue weighted by atomic mass is 16.3. The van der Waals surface area contributed by atoms with Gasteiger partial charge in [-0.1, -0.05) is 42.5 Å². The van der Waals surface area contributed by atoms with Crippen LogP contribution < -0.4 is 9.80 Å². The van der Waals surface area contributed by atoms with Crippen molar-refractivity contribution in [2.45, 2.75) is 25.4 Å². The maximum absolute atomic E-state index is 10.1. The normalized spacial score (nSPS) is 17.9. The number of hydrogen-bond donors (Lipinski definition) is 3. The zero-order valence-corrected chi connectivity index (χ0v) is 17.6. The van der Waals surface area contributed by atoms with E-state index in [1.165, 1.54) is 11.1 Å². The predicted molar refractivity (Wildman–Crippen MR) is 121 cm³/mol. The van der Waals surface area contributed by atoms with Gasteiger partial charge in [-0.15, -0.1) is 0 Å². The Morgan fingerprint density at radius 3 is 2.53 bits per heavy atom. The van der Waals surface area contributed by atoms with Gasteiger partial charge in [0.15, 0.2) is 5.82 Å². The molecule has 32 heavy (non-hydrogen) atoms. The van der Waals surface area contributed by atoms with Crippen molar-refractivity contribution < 1.29 is 15.3 Å². The van der Waals surface area contributed by atoms with Crippen LogP contribution in [0.3, 0.4) is 0 Å². The smallest absolute Gasteiger partial charge is 0.235 e. The van der Waals surface area contributed by atoms with E-state index in [9.17, 15) is 15.3 Å². The number of hydrogen-bond acceptors (Lipinski definition) is 8. The second-order valence-electron chi connectivity index (χ2n) is 8.04. The van der Waals surface area contributed by atoms with Gasteiger partial charge in [0.2, 0.25) is 11.9 Å². The summed E-state index contributed by atoms with van der Waals surface area (Å²) in [5.41, 5.74) is 3.82. The summed E-state index contributed by atoms with van der Waals surface area (Å²) in [7, 11) is 0. The van der Waals surface area contributed by atoms with E-state index in [0.717, 1.165) is 12.1 Å². The van der Waals surface area contributed by atoms with E-state index in [4.69, 9.17) is 9.97 Å². The average molecular weight is 431 g/mol. The summed E-state index contributed by atoms with van der Waals surface area (Å²) in [5, 5.41) is 29.9. The fourth-order valence-electron chi connectivity index (χ4n) is 4.35. The first-order valence-corrected chi connectivity index (χ1v) is 10.7. The Balaban J connectivity index is 1.62. The molecule has 8 nitrogen and oxygen atoms in total. The zero-order chi connectivity index (χ0) is 22.1. The minimum atomic E-state index is -0.163. The molecule has 0 aliphatic carbocycles. The fourth-order valence-corrected chi connectivity index (χ4v) is 4.35. The van der Waals surface area contributed by atoms with Gasteiger partial charge >= 0.3 is 0 Å². The Labute approximate surface area is 186 Å². The van der Waals surface area contributed by atoms with Crippen molar-refractivity contribution in [2.24, 2.45) is 0 Å². The van der Waals surface area contributed by atoms with Crippen LogP contribution in [-0.4, -0.2) is 56.1 Å². The molecule has 0 unspecified atom stereocenters. The molecule has 3 aromatic rings. The molecule has 2 aliphatic rings. The van der Waals surface area contributed by atoms with E-state index in [1.54, 1.807) is 18.2 Å². The molecule has 0 fully saturated rings. The molecule has 0 spiro atoms. The van der Waals surface area contributed by atoms with Gasteiger partial charge in [0.25, 0.3) is 0 Å². The topological polar surface area (TPSA) is 106 Å². The molecule has 0 saturated heterocycles. The lowest BCUT2D eigenvalue weighted by Crippen LogP contribution is -2.44. The van der Waals surface area contributed by atoms with Gasteiger partial charge in [0, 0.05) is 24.4 Å². The summed E-state index contributed by atoms with van der Waals surface area (Å²) in [4.78, 5) is 18.1. The van der Waals surface area contributed by atoms with Gasteiger partial charge in [-0.25, -0.2) is 0 Å². The second-order valence-corrected chi connectivity index (χ2v) is 8.04. The summed E-state index contributed by atoms with van der Waals surface area (Å²) < 4.78 is 0. The van der Waals surface area contributed by atoms with Crippen LogP contribution in [0.1, 0.15) is 17.5 Å². The van der Waals surface area contributed by atoms with Crippen molar-refractivity contribution in [1.82, 2.24) is 15.0 Å². The van der Waals surface area contributed by atoms with Crippen LogP contribution in [0.5, 0.6) is 5.75 Å². The van der Waals surface area contributed by atoms with Crippen LogP contribution in [0.4, 0.5) is 11.9 Å². The Bertz CT molecular complexity index is 1170. The molecule has 1 atom stereocenters. The molecule has 0 amide bonds. The molecule has 0 radical (unpaired) electrons. The van der Waals surface area contributed by atoms with Crippen LogP contribution in [-0.2, 0) is 13.0 Å². The molecule has 2 aliphatic heterocycles. The number of benzene rings is 2. The molecular formula is C24H25N5O3. The summed E-state index contributed by atoms with van der Waals surface area (Å²) >= 11 is 0. The maximum Gasteiger partial charge on any atom is 0.235 e. The van der Waals surface area contributed by atoms with Crippen molar-refractivity contribution in [3.8, 4) is 17.1 Å². The number of aromatic hydroxyl groups is 1. The SMILES string of the molecule is OCC1=CCCN1c1nc(-c2cccc(O)c2)nc(N2Cc3ccccc3C[C@@H]2CO)n1. The first kappa shape index (κ1) is 20.4. The van der Waals surface area contributed by atoms with Crippen LogP contribution >= 0.6 is 0 Å². The highest BCUT2D eigenvalue weighted by molar-refractivity contribution is 5.62. The number of anilines is 2. The van der Waals surface area contributed by atoms with Gasteiger partial charge in [-0.2, -0.15) is 15.0 Å². The fraction of sp³-hybridized carbons (Fsp3) is 0.292. The Morgan fingerprint density at radius 2 is 1.75 bits per heavy atom. The van der Waals surface area contributed by atoms with Crippen LogP contribution in [0, 0.1) is 0 Å². The minimum absolute atomic E-state index is 0.0255. The molecule has 0 bridgehead atoms. The van der Waals surface area contributed by atoms with E-state index in [0.29, 0.717) is 42.8 Å². The standard InChI is InChI=1S/C24H25N5O3/c30-14-19-8-4-10-28(19)23-25-22(17-7-3-9-21(32)12-17)26-24(27-23)29-13-18-6-2-1-5-16(18)11-20(29)15-31/h1-3,5-9,12,20,30-32H,4,10-11,13-15H2/t20-/m1/s1. The summed E-state index contributed by atoms with van der Waals surface area (Å²) in [6, 6.07) is 14.8. The van der Waals surface area contributed by atoms with E-state index < -0.39 is 0 Å². The van der Waals surface area contributed by atoms with Gasteiger partial charge < -0.3 is 25.1 Å². The van der Waals surface area contributed by atoms with Gasteiger partial charge in [-0.3, -0.25) is 0 Å². The monoisotopic (exact) mass is 431 g/mol. The Morgan fingerprint density at radius 1 is 0.938 bits per heavy atom. The lowest BCUT2D eigenvalue weighted by atomic mass is 9.94. The lowest BCUT2D eigenvalue weighted by Gasteiger charge is -2.36. The van der Waals surface area contributed by atoms with E-state index in [2.05, 4.69) is 17.1 Å². The molecule has 2 aromatic carbocycles. The molecular weight excluding hydrogens is 406 g/mol. The van der Waals surface area contributed by atoms with Crippen molar-refractivity contribution in [2.75, 3.05) is 29.6 Å². The third-order valence-electron chi connectivity index (χ3n) is 6.02. The third kappa shape index (κ3) is 3.79. The Hall–Kier alpha value is -3.49. The maximum atomic E-state index is 10.1. The number of rotatable bonds is 5. The largest absolute Gasteiger partial charge is 0.508 e. The van der Waals surface area contributed by atoms with E-state index in [-0.39, 0.29) is 25.0 Å². The zero-order valence-electron chi connectivity index (χ0n) is 17.6. The minimum Gasteiger partial charge on any atom is -0.508 e. The van der Waals surface area contributed by atoms with Gasteiger partial charge in [0.05, 0.1) is 19.3 Å². The van der Waals surface area contributed by atoms with Crippen molar-refractivity contribution in [1.29, 1.82) is 0 Å². The summed E-state index contributed by atoms with van der Waals surface area (Å²) in [5.74, 6) is 1.47. The van der Waals surface area contributed by atoms with Crippen LogP contribution in [0.2, 0.25) is 0 Å². The van der Waals surface area contributed by atoms with E-state index in [1.807, 2.05) is 34.1 Å². The molecule has 164 valence electrons. The summed E-state index contributed by atoms with van der Waals surface area (Å²) in [6.45, 7) is 1.12. The molecule has 3 N–H and O–H groups in total. The van der Waals surface area contributed by atoms with Crippen LogP contribution in [0.15, 0.2) is 60.3 Å². The van der Waals surface area contributed by atoms with Gasteiger partial charge in [-0.05, 0) is 36.1 Å². The lowest BCUT2D eigenvalue weighted by molar-refractivity contribution is 0.252. The number of nitrogens with zero attached hydrogens (tertiary/aromatic N) is 5. The molecule has 5 rings (SSSR count). The second kappa shape index (κ2) is 8.57. The molecule has 8 heteroatoms. The molecule has 3 heterocycles. The summed E-state index contributed by atoms with van der Waals surface area (Å²) in [6.07, 6.45) is 3.47. The van der Waals surface area contributed by atoms with E-state index >= 15 is 0 Å². The Kier molecular flexibility index (Phi) is 5.46. The number of phenols is 1. The molecule has 0 saturated carbocycles. The highest BCUT2D eigenvalue weighted by Gasteiger charge is 2.30. The number of fused-ring (bicyclic) bond motifs is 1. The number of aliphatic hydroxyl groups excluding tert-OH is 2. The number of aliphatic hydroxyl groups is 2. The van der Waals surface area contributed by atoms with Crippen LogP contribution in [0.25, 0.3) is 11.4 Å². The third-order valence-corrected chi connectivity index (χ3v) is 6.02. The van der Waals surface area contributed by atoms with Crippen molar-refractivity contribution >= 4 is 11.9 Å². The first-order valence-electron chi connectivity index (χ1n) is 10.7. The average Bonchev–Trinajstić information content (AvgIpc) is 3.32. The quantitative estimate of drug-likeness (QED) is 0.565. The van der Waals surface area contributed by atoms with Crippen molar-refractivity contribution in [3.05, 3.63) is 71.4 Å². The van der Waals surface area contributed by atoms with Gasteiger partial charge in [0.1, 0.15) is 5.75 Å². The van der Waals surface area contributed by atoms with Crippen molar-refractivity contribution in [3.63, 3.8) is 0 Å². The highest BCUT2D eigenvalue weighted by Crippen LogP contribution is 2.31. The predicted octanol–water partition coefficient (Wildman–Crippen LogP) is 2.25. The number of aromatic nitrogens is 3. The number of phenolic OH excluding ortho intramolecular Hbond substituents is 1. The first-order chi connectivity index (χ1) is 15.7. The molecule has 1 aromatic heterocycles.